The monoisotopic (exact) mass is 354 g/mol. The Morgan fingerprint density at radius 2 is 1.73 bits per heavy atom. The molecular weight excluding hydrogens is 328 g/mol. The van der Waals surface area contributed by atoms with Crippen molar-refractivity contribution in [2.75, 3.05) is 33.9 Å². The standard InChI is InChI=1S/C21H26N2O3/c1-25-17-11-9-16(10-12-17)19(23-13-5-6-14-23)15-22-21(24)18-7-3-4-8-20(18)26-2/h3-4,7-12,19H,5-6,13-15H2,1-2H3,(H,22,24)/t19-/m1/s1. The van der Waals surface area contributed by atoms with Crippen LogP contribution in [0.25, 0.3) is 0 Å². The highest BCUT2D eigenvalue weighted by Crippen LogP contribution is 2.26. The number of hydrogen-bond acceptors (Lipinski definition) is 4. The van der Waals surface area contributed by atoms with E-state index < -0.39 is 0 Å². The van der Waals surface area contributed by atoms with Gasteiger partial charge in [0.1, 0.15) is 11.5 Å². The lowest BCUT2D eigenvalue weighted by molar-refractivity contribution is 0.0935. The summed E-state index contributed by atoms with van der Waals surface area (Å²) in [4.78, 5) is 15.1. The highest BCUT2D eigenvalue weighted by molar-refractivity contribution is 5.96. The predicted octanol–water partition coefficient (Wildman–Crippen LogP) is 3.27. The maximum absolute atomic E-state index is 12.6. The minimum absolute atomic E-state index is 0.111. The smallest absolute Gasteiger partial charge is 0.255 e. The van der Waals surface area contributed by atoms with Crippen LogP contribution in [0.3, 0.4) is 0 Å². The molecule has 1 saturated heterocycles. The number of methoxy groups -OCH3 is 2. The second kappa shape index (κ2) is 8.72. The molecule has 5 nitrogen and oxygen atoms in total. The summed E-state index contributed by atoms with van der Waals surface area (Å²) in [7, 11) is 3.25. The molecule has 0 radical (unpaired) electrons. The summed E-state index contributed by atoms with van der Waals surface area (Å²) in [6, 6.07) is 15.6. The van der Waals surface area contributed by atoms with Gasteiger partial charge >= 0.3 is 0 Å². The van der Waals surface area contributed by atoms with Crippen molar-refractivity contribution in [2.45, 2.75) is 18.9 Å². The van der Waals surface area contributed by atoms with E-state index >= 15 is 0 Å². The van der Waals surface area contributed by atoms with Gasteiger partial charge in [-0.25, -0.2) is 0 Å². The van der Waals surface area contributed by atoms with Crippen molar-refractivity contribution in [3.8, 4) is 11.5 Å². The van der Waals surface area contributed by atoms with E-state index in [0.717, 1.165) is 18.8 Å². The van der Waals surface area contributed by atoms with E-state index in [4.69, 9.17) is 9.47 Å². The molecule has 0 spiro atoms. The van der Waals surface area contributed by atoms with E-state index in [2.05, 4.69) is 22.3 Å². The third kappa shape index (κ3) is 4.17. The Bertz CT molecular complexity index is 724. The van der Waals surface area contributed by atoms with E-state index in [1.165, 1.54) is 18.4 Å². The number of rotatable bonds is 7. The van der Waals surface area contributed by atoms with Gasteiger partial charge in [-0.1, -0.05) is 24.3 Å². The quantitative estimate of drug-likeness (QED) is 0.829. The minimum atomic E-state index is -0.111. The van der Waals surface area contributed by atoms with Gasteiger partial charge < -0.3 is 14.8 Å². The van der Waals surface area contributed by atoms with E-state index in [-0.39, 0.29) is 11.9 Å². The number of carbonyl (C=O) groups excluding carboxylic acids is 1. The number of amides is 1. The van der Waals surface area contributed by atoms with Crippen LogP contribution in [0.15, 0.2) is 48.5 Å². The molecule has 1 heterocycles. The third-order valence-electron chi connectivity index (χ3n) is 4.89. The van der Waals surface area contributed by atoms with E-state index in [0.29, 0.717) is 17.9 Å². The van der Waals surface area contributed by atoms with Crippen LogP contribution in [0.1, 0.15) is 34.8 Å². The zero-order chi connectivity index (χ0) is 18.4. The van der Waals surface area contributed by atoms with Crippen molar-refractivity contribution in [1.82, 2.24) is 10.2 Å². The van der Waals surface area contributed by atoms with Crippen LogP contribution in [-0.2, 0) is 0 Å². The molecule has 1 fully saturated rings. The molecule has 0 bridgehead atoms. The Kier molecular flexibility index (Phi) is 6.12. The molecule has 26 heavy (non-hydrogen) atoms. The van der Waals surface area contributed by atoms with Crippen molar-refractivity contribution in [2.24, 2.45) is 0 Å². The second-order valence-electron chi connectivity index (χ2n) is 6.44. The lowest BCUT2D eigenvalue weighted by Crippen LogP contribution is -2.36. The molecule has 0 unspecified atom stereocenters. The fraction of sp³-hybridized carbons (Fsp3) is 0.381. The molecule has 1 N–H and O–H groups in total. The Morgan fingerprint density at radius 1 is 1.04 bits per heavy atom. The lowest BCUT2D eigenvalue weighted by Gasteiger charge is -2.28. The molecule has 5 heteroatoms. The summed E-state index contributed by atoms with van der Waals surface area (Å²) in [5.41, 5.74) is 1.75. The summed E-state index contributed by atoms with van der Waals surface area (Å²) in [5.74, 6) is 1.32. The fourth-order valence-corrected chi connectivity index (χ4v) is 3.45. The first-order chi connectivity index (χ1) is 12.7. The molecule has 0 aliphatic carbocycles. The fourth-order valence-electron chi connectivity index (χ4n) is 3.45. The maximum Gasteiger partial charge on any atom is 0.255 e. The van der Waals surface area contributed by atoms with Gasteiger partial charge in [0.25, 0.3) is 5.91 Å². The number of likely N-dealkylation sites (tertiary alicyclic amines) is 1. The average Bonchev–Trinajstić information content (AvgIpc) is 3.23. The normalized spacial score (nSPS) is 15.5. The van der Waals surface area contributed by atoms with Gasteiger partial charge in [0.15, 0.2) is 0 Å². The molecule has 0 aromatic heterocycles. The highest BCUT2D eigenvalue weighted by Gasteiger charge is 2.24. The first-order valence-electron chi connectivity index (χ1n) is 9.02. The van der Waals surface area contributed by atoms with Crippen LogP contribution >= 0.6 is 0 Å². The van der Waals surface area contributed by atoms with Crippen LogP contribution < -0.4 is 14.8 Å². The number of nitrogens with one attached hydrogen (secondary N) is 1. The van der Waals surface area contributed by atoms with Crippen LogP contribution in [0.4, 0.5) is 0 Å². The maximum atomic E-state index is 12.6. The summed E-state index contributed by atoms with van der Waals surface area (Å²) in [6.45, 7) is 2.67. The molecule has 2 aromatic carbocycles. The van der Waals surface area contributed by atoms with Gasteiger partial charge in [0.05, 0.1) is 25.8 Å². The molecule has 1 aliphatic rings. The average molecular weight is 354 g/mol. The van der Waals surface area contributed by atoms with Crippen molar-refractivity contribution in [3.63, 3.8) is 0 Å². The Balaban J connectivity index is 1.74. The SMILES string of the molecule is COc1ccc([C@@H](CNC(=O)c2ccccc2OC)N2CCCC2)cc1. The molecular formula is C21H26N2O3. The zero-order valence-corrected chi connectivity index (χ0v) is 15.4. The molecule has 1 atom stereocenters. The first kappa shape index (κ1) is 18.3. The summed E-state index contributed by atoms with van der Waals surface area (Å²) >= 11 is 0. The van der Waals surface area contributed by atoms with Gasteiger partial charge in [0.2, 0.25) is 0 Å². The highest BCUT2D eigenvalue weighted by atomic mass is 16.5. The summed E-state index contributed by atoms with van der Waals surface area (Å²) in [6.07, 6.45) is 2.40. The predicted molar refractivity (Wildman–Crippen MR) is 102 cm³/mol. The summed E-state index contributed by atoms with van der Waals surface area (Å²) < 4.78 is 10.6. The van der Waals surface area contributed by atoms with E-state index in [9.17, 15) is 4.79 Å². The Morgan fingerprint density at radius 3 is 2.38 bits per heavy atom. The third-order valence-corrected chi connectivity index (χ3v) is 4.89. The number of benzene rings is 2. The molecule has 1 aliphatic heterocycles. The van der Waals surface area contributed by atoms with Gasteiger partial charge in [-0.3, -0.25) is 9.69 Å². The van der Waals surface area contributed by atoms with Crippen LogP contribution in [-0.4, -0.2) is 44.7 Å². The van der Waals surface area contributed by atoms with Crippen molar-refractivity contribution in [3.05, 3.63) is 59.7 Å². The number of carbonyl (C=O) groups is 1. The molecule has 1 amide bonds. The van der Waals surface area contributed by atoms with Crippen molar-refractivity contribution in [1.29, 1.82) is 0 Å². The number of para-hydroxylation sites is 1. The van der Waals surface area contributed by atoms with E-state index in [1.807, 2.05) is 24.3 Å². The second-order valence-corrected chi connectivity index (χ2v) is 6.44. The lowest BCUT2D eigenvalue weighted by atomic mass is 10.0. The molecule has 3 rings (SSSR count). The Hall–Kier alpha value is -2.53. The van der Waals surface area contributed by atoms with Gasteiger partial charge in [-0.15, -0.1) is 0 Å². The van der Waals surface area contributed by atoms with Gasteiger partial charge in [0, 0.05) is 6.54 Å². The number of nitrogens with zero attached hydrogens (tertiary/aromatic N) is 1. The van der Waals surface area contributed by atoms with Gasteiger partial charge in [-0.2, -0.15) is 0 Å². The first-order valence-corrected chi connectivity index (χ1v) is 9.02. The molecule has 0 saturated carbocycles. The zero-order valence-electron chi connectivity index (χ0n) is 15.4. The number of hydrogen-bond donors (Lipinski definition) is 1. The van der Waals surface area contributed by atoms with Crippen LogP contribution in [0.5, 0.6) is 11.5 Å². The summed E-state index contributed by atoms with van der Waals surface area (Å²) in [5, 5.41) is 3.09. The van der Waals surface area contributed by atoms with Crippen molar-refractivity contribution < 1.29 is 14.3 Å². The largest absolute Gasteiger partial charge is 0.497 e. The van der Waals surface area contributed by atoms with Gasteiger partial charge in [-0.05, 0) is 55.8 Å². The van der Waals surface area contributed by atoms with Crippen LogP contribution in [0.2, 0.25) is 0 Å². The topological polar surface area (TPSA) is 50.8 Å². The van der Waals surface area contributed by atoms with Crippen molar-refractivity contribution >= 4 is 5.91 Å². The molecule has 138 valence electrons. The number of ether oxygens (including phenoxy) is 2. The Labute approximate surface area is 154 Å². The van der Waals surface area contributed by atoms with Crippen LogP contribution in [0, 0.1) is 0 Å². The van der Waals surface area contributed by atoms with E-state index in [1.54, 1.807) is 26.4 Å². The minimum Gasteiger partial charge on any atom is -0.497 e. The molecule has 2 aromatic rings.